The van der Waals surface area contributed by atoms with Crippen LogP contribution in [0, 0.1) is 13.8 Å². The van der Waals surface area contributed by atoms with Gasteiger partial charge in [0.25, 0.3) is 0 Å². The smallest absolute Gasteiger partial charge is 0.165 e. The molecule has 0 bridgehead atoms. The second-order valence-electron chi connectivity index (χ2n) is 4.93. The largest absolute Gasteiger partial charge is 0.378 e. The van der Waals surface area contributed by atoms with E-state index in [1.54, 1.807) is 0 Å². The van der Waals surface area contributed by atoms with Crippen molar-refractivity contribution in [2.45, 2.75) is 45.6 Å². The van der Waals surface area contributed by atoms with Gasteiger partial charge in [0.05, 0.1) is 6.10 Å². The second-order valence-corrected chi connectivity index (χ2v) is 4.93. The SMILES string of the molecule is Cc1ccc(C)c(C(=O)CC2CCCCO2)c1. The summed E-state index contributed by atoms with van der Waals surface area (Å²) in [5.41, 5.74) is 3.07. The molecular weight excluding hydrogens is 212 g/mol. The molecule has 0 saturated carbocycles. The zero-order valence-electron chi connectivity index (χ0n) is 10.7. The van der Waals surface area contributed by atoms with Gasteiger partial charge in [0.2, 0.25) is 0 Å². The maximum atomic E-state index is 12.2. The average Bonchev–Trinajstić information content (AvgIpc) is 2.33. The first kappa shape index (κ1) is 12.3. The predicted octanol–water partition coefficient (Wildman–Crippen LogP) is 3.45. The van der Waals surface area contributed by atoms with Gasteiger partial charge < -0.3 is 4.74 Å². The molecule has 1 unspecified atom stereocenters. The van der Waals surface area contributed by atoms with Gasteiger partial charge in [0, 0.05) is 18.6 Å². The molecular formula is C15H20O2. The lowest BCUT2D eigenvalue weighted by Gasteiger charge is -2.22. The molecule has 1 atom stereocenters. The number of carbonyl (C=O) groups is 1. The van der Waals surface area contributed by atoms with Crippen molar-refractivity contribution in [1.82, 2.24) is 0 Å². The van der Waals surface area contributed by atoms with Crippen LogP contribution in [0.3, 0.4) is 0 Å². The molecule has 0 radical (unpaired) electrons. The van der Waals surface area contributed by atoms with Gasteiger partial charge in [-0.15, -0.1) is 0 Å². The lowest BCUT2D eigenvalue weighted by molar-refractivity contribution is 0.0129. The predicted molar refractivity (Wildman–Crippen MR) is 68.5 cm³/mol. The molecule has 1 saturated heterocycles. The fourth-order valence-electron chi connectivity index (χ4n) is 2.32. The Balaban J connectivity index is 2.05. The van der Waals surface area contributed by atoms with E-state index in [1.807, 2.05) is 32.0 Å². The molecule has 0 amide bonds. The normalized spacial score (nSPS) is 20.2. The van der Waals surface area contributed by atoms with E-state index in [-0.39, 0.29) is 11.9 Å². The van der Waals surface area contributed by atoms with Gasteiger partial charge in [-0.3, -0.25) is 4.79 Å². The van der Waals surface area contributed by atoms with Crippen LogP contribution >= 0.6 is 0 Å². The Morgan fingerprint density at radius 3 is 2.88 bits per heavy atom. The highest BCUT2D eigenvalue weighted by Gasteiger charge is 2.19. The van der Waals surface area contributed by atoms with Crippen molar-refractivity contribution in [3.05, 3.63) is 34.9 Å². The molecule has 0 N–H and O–H groups in total. The van der Waals surface area contributed by atoms with Crippen LogP contribution in [0.1, 0.15) is 47.2 Å². The van der Waals surface area contributed by atoms with Gasteiger partial charge in [0.15, 0.2) is 5.78 Å². The maximum Gasteiger partial charge on any atom is 0.165 e. The zero-order chi connectivity index (χ0) is 12.3. The molecule has 0 aromatic heterocycles. The van der Waals surface area contributed by atoms with E-state index in [2.05, 4.69) is 0 Å². The summed E-state index contributed by atoms with van der Waals surface area (Å²) in [5, 5.41) is 0. The summed E-state index contributed by atoms with van der Waals surface area (Å²) in [6.07, 6.45) is 4.01. The van der Waals surface area contributed by atoms with E-state index in [0.717, 1.165) is 36.1 Å². The standard InChI is InChI=1S/C15H20O2/c1-11-6-7-12(2)14(9-11)15(16)10-13-5-3-4-8-17-13/h6-7,9,13H,3-5,8,10H2,1-2H3. The highest BCUT2D eigenvalue weighted by atomic mass is 16.5. The molecule has 1 aromatic carbocycles. The number of ketones is 1. The molecule has 1 fully saturated rings. The fourth-order valence-corrected chi connectivity index (χ4v) is 2.32. The monoisotopic (exact) mass is 232 g/mol. The van der Waals surface area contributed by atoms with Crippen LogP contribution in [0.4, 0.5) is 0 Å². The number of ether oxygens (including phenoxy) is 1. The van der Waals surface area contributed by atoms with Gasteiger partial charge in [-0.1, -0.05) is 17.7 Å². The summed E-state index contributed by atoms with van der Waals surface area (Å²) in [4.78, 5) is 12.2. The van der Waals surface area contributed by atoms with Crippen LogP contribution in [0.5, 0.6) is 0 Å². The molecule has 92 valence electrons. The molecule has 2 nitrogen and oxygen atoms in total. The number of benzene rings is 1. The van der Waals surface area contributed by atoms with Gasteiger partial charge >= 0.3 is 0 Å². The second kappa shape index (κ2) is 5.46. The Bertz CT molecular complexity index is 403. The first-order valence-electron chi connectivity index (χ1n) is 6.39. The van der Waals surface area contributed by atoms with Crippen molar-refractivity contribution in [3.8, 4) is 0 Å². The van der Waals surface area contributed by atoms with Gasteiger partial charge in [-0.25, -0.2) is 0 Å². The van der Waals surface area contributed by atoms with Gasteiger partial charge in [-0.2, -0.15) is 0 Å². The Labute approximate surface area is 103 Å². The van der Waals surface area contributed by atoms with Gasteiger partial charge in [0.1, 0.15) is 0 Å². The van der Waals surface area contributed by atoms with Crippen LogP contribution in [0.2, 0.25) is 0 Å². The average molecular weight is 232 g/mol. The third-order valence-corrected chi connectivity index (χ3v) is 3.38. The quantitative estimate of drug-likeness (QED) is 0.746. The van der Waals surface area contributed by atoms with Crippen molar-refractivity contribution < 1.29 is 9.53 Å². The first-order valence-corrected chi connectivity index (χ1v) is 6.39. The molecule has 0 spiro atoms. The minimum Gasteiger partial charge on any atom is -0.378 e. The number of hydrogen-bond donors (Lipinski definition) is 0. The van der Waals surface area contributed by atoms with Crippen LogP contribution < -0.4 is 0 Å². The fraction of sp³-hybridized carbons (Fsp3) is 0.533. The van der Waals surface area contributed by atoms with E-state index in [9.17, 15) is 4.79 Å². The summed E-state index contributed by atoms with van der Waals surface area (Å²) in [5.74, 6) is 0.220. The summed E-state index contributed by atoms with van der Waals surface area (Å²) >= 11 is 0. The first-order chi connectivity index (χ1) is 8.16. The van der Waals surface area contributed by atoms with E-state index in [1.165, 1.54) is 6.42 Å². The van der Waals surface area contributed by atoms with E-state index in [0.29, 0.717) is 6.42 Å². The Hall–Kier alpha value is -1.15. The Morgan fingerprint density at radius 2 is 2.18 bits per heavy atom. The maximum absolute atomic E-state index is 12.2. The molecule has 1 heterocycles. The topological polar surface area (TPSA) is 26.3 Å². The molecule has 1 aromatic rings. The summed E-state index contributed by atoms with van der Waals surface area (Å²) in [6.45, 7) is 4.83. The highest BCUT2D eigenvalue weighted by Crippen LogP contribution is 2.20. The van der Waals surface area contributed by atoms with Crippen LogP contribution in [-0.4, -0.2) is 18.5 Å². The van der Waals surface area contributed by atoms with Crippen molar-refractivity contribution in [2.24, 2.45) is 0 Å². The van der Waals surface area contributed by atoms with Crippen LogP contribution in [0.25, 0.3) is 0 Å². The van der Waals surface area contributed by atoms with Gasteiger partial charge in [-0.05, 0) is 44.7 Å². The zero-order valence-corrected chi connectivity index (χ0v) is 10.7. The lowest BCUT2D eigenvalue weighted by atomic mass is 9.96. The van der Waals surface area contributed by atoms with Crippen molar-refractivity contribution in [3.63, 3.8) is 0 Å². The summed E-state index contributed by atoms with van der Waals surface area (Å²) < 4.78 is 5.62. The lowest BCUT2D eigenvalue weighted by Crippen LogP contribution is -2.22. The van der Waals surface area contributed by atoms with E-state index >= 15 is 0 Å². The summed E-state index contributed by atoms with van der Waals surface area (Å²) in [7, 11) is 0. The number of aryl methyl sites for hydroxylation is 2. The van der Waals surface area contributed by atoms with Crippen molar-refractivity contribution in [2.75, 3.05) is 6.61 Å². The highest BCUT2D eigenvalue weighted by molar-refractivity contribution is 5.97. The number of rotatable bonds is 3. The Morgan fingerprint density at radius 1 is 1.35 bits per heavy atom. The Kier molecular flexibility index (Phi) is 3.95. The number of hydrogen-bond acceptors (Lipinski definition) is 2. The molecule has 1 aliphatic heterocycles. The third kappa shape index (κ3) is 3.16. The van der Waals surface area contributed by atoms with Crippen molar-refractivity contribution >= 4 is 5.78 Å². The summed E-state index contributed by atoms with van der Waals surface area (Å²) in [6, 6.07) is 6.05. The van der Waals surface area contributed by atoms with Crippen LogP contribution in [-0.2, 0) is 4.74 Å². The number of carbonyl (C=O) groups excluding carboxylic acids is 1. The minimum absolute atomic E-state index is 0.135. The van der Waals surface area contributed by atoms with Crippen molar-refractivity contribution in [1.29, 1.82) is 0 Å². The minimum atomic E-state index is 0.135. The van der Waals surface area contributed by atoms with E-state index < -0.39 is 0 Å². The molecule has 17 heavy (non-hydrogen) atoms. The third-order valence-electron chi connectivity index (χ3n) is 3.38. The molecule has 2 heteroatoms. The molecule has 0 aliphatic carbocycles. The number of Topliss-reactive ketones (excluding diaryl/α,β-unsaturated/α-hetero) is 1. The molecule has 2 rings (SSSR count). The molecule has 1 aliphatic rings. The van der Waals surface area contributed by atoms with E-state index in [4.69, 9.17) is 4.74 Å². The van der Waals surface area contributed by atoms with Crippen LogP contribution in [0.15, 0.2) is 18.2 Å².